The van der Waals surface area contributed by atoms with Gasteiger partial charge in [-0.25, -0.2) is 9.97 Å². The van der Waals surface area contributed by atoms with Crippen LogP contribution in [0.3, 0.4) is 0 Å². The molecule has 1 fully saturated rings. The van der Waals surface area contributed by atoms with Gasteiger partial charge in [-0.05, 0) is 30.2 Å². The minimum Gasteiger partial charge on any atom is -0.458 e. The van der Waals surface area contributed by atoms with Crippen LogP contribution < -0.4 is 19.7 Å². The van der Waals surface area contributed by atoms with E-state index in [2.05, 4.69) is 26.3 Å². The molecule has 23 heavy (non-hydrogen) atoms. The average molecular weight is 310 g/mol. The highest BCUT2D eigenvalue weighted by atomic mass is 16.5. The van der Waals surface area contributed by atoms with E-state index in [9.17, 15) is 0 Å². The van der Waals surface area contributed by atoms with Crippen molar-refractivity contribution in [3.05, 3.63) is 54.7 Å². The van der Waals surface area contributed by atoms with Gasteiger partial charge in [0.15, 0.2) is 11.5 Å². The summed E-state index contributed by atoms with van der Waals surface area (Å²) in [7, 11) is 0. The first kappa shape index (κ1) is 14.0. The average Bonchev–Trinajstić information content (AvgIpc) is 2.63. The zero-order chi connectivity index (χ0) is 15.5. The molecule has 1 aromatic heterocycles. The van der Waals surface area contributed by atoms with Crippen molar-refractivity contribution >= 4 is 5.95 Å². The van der Waals surface area contributed by atoms with Gasteiger partial charge in [-0.2, -0.15) is 0 Å². The van der Waals surface area contributed by atoms with E-state index in [1.54, 1.807) is 24.9 Å². The summed E-state index contributed by atoms with van der Waals surface area (Å²) in [6.07, 6.45) is 7.59. The normalized spacial score (nSPS) is 19.7. The van der Waals surface area contributed by atoms with Crippen molar-refractivity contribution in [2.24, 2.45) is 0 Å². The first-order chi connectivity index (χ1) is 11.4. The van der Waals surface area contributed by atoms with Crippen LogP contribution >= 0.6 is 0 Å². The summed E-state index contributed by atoms with van der Waals surface area (Å²) in [5.74, 6) is 2.32. The lowest BCUT2D eigenvalue weighted by atomic mass is 10.0. The second-order valence-electron chi connectivity index (χ2n) is 5.64. The van der Waals surface area contributed by atoms with E-state index in [0.717, 1.165) is 43.5 Å². The highest BCUT2D eigenvalue weighted by molar-refractivity contribution is 5.45. The number of fused-ring (bicyclic) bond motifs is 1. The van der Waals surface area contributed by atoms with E-state index in [1.807, 2.05) is 18.2 Å². The van der Waals surface area contributed by atoms with Gasteiger partial charge in [0.25, 0.3) is 0 Å². The number of rotatable bonds is 3. The minimum absolute atomic E-state index is 0.352. The quantitative estimate of drug-likeness (QED) is 0.932. The van der Waals surface area contributed by atoms with E-state index >= 15 is 0 Å². The van der Waals surface area contributed by atoms with Crippen LogP contribution in [0.25, 0.3) is 0 Å². The lowest BCUT2D eigenvalue weighted by Gasteiger charge is -2.33. The Balaban J connectivity index is 1.45. The number of hydrogen-bond donors (Lipinski definition) is 1. The Morgan fingerprint density at radius 2 is 1.96 bits per heavy atom. The molecule has 0 radical (unpaired) electrons. The fourth-order valence-corrected chi connectivity index (χ4v) is 2.95. The highest BCUT2D eigenvalue weighted by Gasteiger charge is 2.22. The van der Waals surface area contributed by atoms with Crippen molar-refractivity contribution in [2.75, 3.05) is 24.5 Å². The van der Waals surface area contributed by atoms with Crippen molar-refractivity contribution in [2.45, 2.75) is 12.5 Å². The Labute approximate surface area is 134 Å². The molecule has 1 aromatic carbocycles. The Morgan fingerprint density at radius 3 is 2.83 bits per heavy atom. The summed E-state index contributed by atoms with van der Waals surface area (Å²) >= 11 is 0. The Kier molecular flexibility index (Phi) is 3.81. The summed E-state index contributed by atoms with van der Waals surface area (Å²) in [6, 6.07) is 8.27. The molecule has 0 saturated carbocycles. The molecule has 0 bridgehead atoms. The maximum atomic E-state index is 5.49. The Bertz CT molecular complexity index is 705. The van der Waals surface area contributed by atoms with E-state index in [0.29, 0.717) is 6.04 Å². The van der Waals surface area contributed by atoms with Gasteiger partial charge in [-0.15, -0.1) is 0 Å². The number of nitrogens with one attached hydrogen (secondary N) is 1. The second-order valence-corrected chi connectivity index (χ2v) is 5.64. The molecular formula is C17H18N4O2. The molecule has 3 heterocycles. The summed E-state index contributed by atoms with van der Waals surface area (Å²) in [6.45, 7) is 2.74. The van der Waals surface area contributed by atoms with Gasteiger partial charge in [0, 0.05) is 38.1 Å². The highest BCUT2D eigenvalue weighted by Crippen LogP contribution is 2.31. The standard InChI is InChI=1S/C17H18N4O2/c1-4-19-17(20-5-1)21-7-6-18-14(12-21)10-13-2-3-15-16(11-13)23-9-8-22-15/h1-5,8-9,11,14,18H,6-7,10,12H2. The summed E-state index contributed by atoms with van der Waals surface area (Å²) in [5, 5.41) is 3.56. The molecule has 0 spiro atoms. The molecule has 0 amide bonds. The molecule has 2 aliphatic rings. The third-order valence-corrected chi connectivity index (χ3v) is 4.03. The number of anilines is 1. The molecule has 2 aromatic rings. The number of ether oxygens (including phenoxy) is 2. The van der Waals surface area contributed by atoms with Gasteiger partial charge in [0.05, 0.1) is 0 Å². The van der Waals surface area contributed by atoms with Crippen LogP contribution in [-0.4, -0.2) is 35.6 Å². The van der Waals surface area contributed by atoms with Gasteiger partial charge in [0.2, 0.25) is 5.95 Å². The number of piperazine rings is 1. The fraction of sp³-hybridized carbons (Fsp3) is 0.294. The fourth-order valence-electron chi connectivity index (χ4n) is 2.95. The van der Waals surface area contributed by atoms with Crippen molar-refractivity contribution in [1.29, 1.82) is 0 Å². The molecule has 4 rings (SSSR count). The monoisotopic (exact) mass is 310 g/mol. The molecule has 118 valence electrons. The van der Waals surface area contributed by atoms with Crippen molar-refractivity contribution in [3.63, 3.8) is 0 Å². The zero-order valence-electron chi connectivity index (χ0n) is 12.7. The van der Waals surface area contributed by atoms with Crippen molar-refractivity contribution < 1.29 is 9.47 Å². The summed E-state index contributed by atoms with van der Waals surface area (Å²) in [5.41, 5.74) is 1.22. The van der Waals surface area contributed by atoms with Crippen LogP contribution in [0.1, 0.15) is 5.56 Å². The van der Waals surface area contributed by atoms with E-state index < -0.39 is 0 Å². The molecule has 1 N–H and O–H groups in total. The van der Waals surface area contributed by atoms with Crippen LogP contribution in [-0.2, 0) is 6.42 Å². The van der Waals surface area contributed by atoms with E-state index in [4.69, 9.17) is 9.47 Å². The number of hydrogen-bond acceptors (Lipinski definition) is 6. The second kappa shape index (κ2) is 6.26. The summed E-state index contributed by atoms with van der Waals surface area (Å²) in [4.78, 5) is 10.9. The topological polar surface area (TPSA) is 59.5 Å². The molecule has 1 atom stereocenters. The maximum Gasteiger partial charge on any atom is 0.225 e. The lowest BCUT2D eigenvalue weighted by molar-refractivity contribution is 0.361. The Hall–Kier alpha value is -2.60. The van der Waals surface area contributed by atoms with Crippen molar-refractivity contribution in [1.82, 2.24) is 15.3 Å². The van der Waals surface area contributed by atoms with E-state index in [-0.39, 0.29) is 0 Å². The van der Waals surface area contributed by atoms with Gasteiger partial charge < -0.3 is 19.7 Å². The Morgan fingerprint density at radius 1 is 1.13 bits per heavy atom. The minimum atomic E-state index is 0.352. The largest absolute Gasteiger partial charge is 0.458 e. The predicted octanol–water partition coefficient (Wildman–Crippen LogP) is 1.74. The van der Waals surface area contributed by atoms with Crippen LogP contribution in [0, 0.1) is 0 Å². The van der Waals surface area contributed by atoms with Crippen LogP contribution in [0.2, 0.25) is 0 Å². The van der Waals surface area contributed by atoms with Gasteiger partial charge in [-0.1, -0.05) is 6.07 Å². The zero-order valence-corrected chi connectivity index (χ0v) is 12.7. The molecule has 1 unspecified atom stereocenters. The molecular weight excluding hydrogens is 292 g/mol. The van der Waals surface area contributed by atoms with Crippen LogP contribution in [0.4, 0.5) is 5.95 Å². The van der Waals surface area contributed by atoms with Crippen molar-refractivity contribution in [3.8, 4) is 11.5 Å². The third-order valence-electron chi connectivity index (χ3n) is 4.03. The molecule has 0 aliphatic carbocycles. The SMILES string of the molecule is C1=COc2cc(CC3CN(c4ncccn4)CCN3)ccc2O1. The third kappa shape index (κ3) is 3.12. The molecule has 1 saturated heterocycles. The maximum absolute atomic E-state index is 5.49. The number of benzene rings is 1. The molecule has 6 nitrogen and oxygen atoms in total. The molecule has 2 aliphatic heterocycles. The predicted molar refractivity (Wildman–Crippen MR) is 86.6 cm³/mol. The number of nitrogens with zero attached hydrogens (tertiary/aromatic N) is 3. The first-order valence-electron chi connectivity index (χ1n) is 7.75. The lowest BCUT2D eigenvalue weighted by Crippen LogP contribution is -2.52. The van der Waals surface area contributed by atoms with Gasteiger partial charge >= 0.3 is 0 Å². The summed E-state index contributed by atoms with van der Waals surface area (Å²) < 4.78 is 10.9. The first-order valence-corrected chi connectivity index (χ1v) is 7.75. The van der Waals surface area contributed by atoms with Gasteiger partial charge in [0.1, 0.15) is 12.5 Å². The smallest absolute Gasteiger partial charge is 0.225 e. The molecule has 6 heteroatoms. The van der Waals surface area contributed by atoms with Crippen LogP contribution in [0.5, 0.6) is 11.5 Å². The van der Waals surface area contributed by atoms with E-state index in [1.165, 1.54) is 5.56 Å². The number of aromatic nitrogens is 2. The van der Waals surface area contributed by atoms with Gasteiger partial charge in [-0.3, -0.25) is 0 Å². The van der Waals surface area contributed by atoms with Crippen LogP contribution in [0.15, 0.2) is 49.2 Å².